The summed E-state index contributed by atoms with van der Waals surface area (Å²) in [5, 5.41) is 17.2. The number of aromatic carboxylic acids is 1. The molecule has 1 aromatic heterocycles. The van der Waals surface area contributed by atoms with Gasteiger partial charge in [-0.1, -0.05) is 38.1 Å². The molecule has 1 heterocycles. The van der Waals surface area contributed by atoms with Gasteiger partial charge in [0.2, 0.25) is 0 Å². The molecule has 0 bridgehead atoms. The Morgan fingerprint density at radius 1 is 1.03 bits per heavy atom. The number of halogens is 1. The lowest BCUT2D eigenvalue weighted by Gasteiger charge is -2.20. The molecule has 1 N–H and O–H groups in total. The van der Waals surface area contributed by atoms with Gasteiger partial charge in [0.15, 0.2) is 5.52 Å². The second kappa shape index (κ2) is 9.17. The quantitative estimate of drug-likeness (QED) is 0.478. The molecule has 0 aliphatic heterocycles. The van der Waals surface area contributed by atoms with Crippen molar-refractivity contribution in [2.45, 2.75) is 20.4 Å². The zero-order chi connectivity index (χ0) is 21.7. The van der Waals surface area contributed by atoms with Crippen molar-refractivity contribution in [2.75, 3.05) is 11.9 Å². The van der Waals surface area contributed by atoms with E-state index in [1.807, 2.05) is 44.0 Å². The summed E-state index contributed by atoms with van der Waals surface area (Å²) < 4.78 is 18.1. The molecule has 0 saturated heterocycles. The van der Waals surface area contributed by atoms with Crippen LogP contribution < -0.4 is 4.90 Å². The third-order valence-electron chi connectivity index (χ3n) is 4.53. The van der Waals surface area contributed by atoms with Crippen molar-refractivity contribution < 1.29 is 18.9 Å². The van der Waals surface area contributed by atoms with Crippen LogP contribution in [0.2, 0.25) is 0 Å². The van der Waals surface area contributed by atoms with Crippen LogP contribution in [0.25, 0.3) is 22.2 Å². The number of carboxylic acid groups (broad SMARTS) is 1. The second-order valence-corrected chi connectivity index (χ2v) is 6.50. The summed E-state index contributed by atoms with van der Waals surface area (Å²) >= 11 is 0. The minimum atomic E-state index is -0.986. The molecule has 0 spiro atoms. The third kappa shape index (κ3) is 4.46. The molecule has 0 fully saturated rings. The Morgan fingerprint density at radius 2 is 1.77 bits per heavy atom. The van der Waals surface area contributed by atoms with Crippen molar-refractivity contribution >= 4 is 22.7 Å². The molecule has 0 unspecified atom stereocenters. The van der Waals surface area contributed by atoms with Crippen molar-refractivity contribution in [1.82, 2.24) is 10.3 Å². The number of hydrogen-bond acceptors (Lipinski definition) is 5. The number of carboxylic acids is 1. The standard InChI is InChI=1S/C21H16FN3O3.C2H6/c1-25(12-13-5-7-17(22)8-6-13)19-11-16(10-18-20(19)24-28-23-18)14-3-2-4-15(9-14)21(26)27;1-2/h2-11H,12H2,1H3,(H,26,27);1-2H3. The van der Waals surface area contributed by atoms with Crippen LogP contribution >= 0.6 is 0 Å². The van der Waals surface area contributed by atoms with E-state index in [0.29, 0.717) is 17.6 Å². The third-order valence-corrected chi connectivity index (χ3v) is 4.53. The minimum absolute atomic E-state index is 0.206. The first-order chi connectivity index (χ1) is 14.5. The van der Waals surface area contributed by atoms with Gasteiger partial charge in [-0.3, -0.25) is 0 Å². The van der Waals surface area contributed by atoms with E-state index >= 15 is 0 Å². The topological polar surface area (TPSA) is 79.5 Å². The Labute approximate surface area is 173 Å². The Hall–Kier alpha value is -3.74. The van der Waals surface area contributed by atoms with E-state index in [9.17, 15) is 14.3 Å². The molecule has 0 aliphatic carbocycles. The van der Waals surface area contributed by atoms with E-state index in [1.54, 1.807) is 30.3 Å². The first-order valence-corrected chi connectivity index (χ1v) is 9.57. The second-order valence-electron chi connectivity index (χ2n) is 6.50. The van der Waals surface area contributed by atoms with Gasteiger partial charge < -0.3 is 10.0 Å². The van der Waals surface area contributed by atoms with E-state index in [4.69, 9.17) is 4.63 Å². The van der Waals surface area contributed by atoms with Gasteiger partial charge >= 0.3 is 5.97 Å². The molecule has 154 valence electrons. The molecule has 0 amide bonds. The van der Waals surface area contributed by atoms with Crippen molar-refractivity contribution in [1.29, 1.82) is 0 Å². The van der Waals surface area contributed by atoms with Gasteiger partial charge in [-0.15, -0.1) is 0 Å². The zero-order valence-electron chi connectivity index (χ0n) is 17.0. The van der Waals surface area contributed by atoms with Gasteiger partial charge in [0.1, 0.15) is 11.3 Å². The summed E-state index contributed by atoms with van der Waals surface area (Å²) in [4.78, 5) is 13.2. The van der Waals surface area contributed by atoms with Gasteiger partial charge in [0.25, 0.3) is 0 Å². The molecular weight excluding hydrogens is 385 g/mol. The number of rotatable bonds is 5. The Morgan fingerprint density at radius 3 is 2.47 bits per heavy atom. The van der Waals surface area contributed by atoms with E-state index in [1.165, 1.54) is 12.1 Å². The highest BCUT2D eigenvalue weighted by atomic mass is 19.1. The average Bonchev–Trinajstić information content (AvgIpc) is 3.25. The number of hydrogen-bond donors (Lipinski definition) is 1. The summed E-state index contributed by atoms with van der Waals surface area (Å²) in [6, 6.07) is 16.7. The Kier molecular flexibility index (Phi) is 6.41. The lowest BCUT2D eigenvalue weighted by molar-refractivity contribution is 0.0697. The van der Waals surface area contributed by atoms with Crippen LogP contribution in [0.1, 0.15) is 29.8 Å². The summed E-state index contributed by atoms with van der Waals surface area (Å²) in [5.41, 5.74) is 4.64. The predicted octanol–water partition coefficient (Wildman–Crippen LogP) is 5.39. The molecule has 0 aliphatic rings. The molecule has 7 heteroatoms. The summed E-state index contributed by atoms with van der Waals surface area (Å²) in [5.74, 6) is -1.27. The number of benzene rings is 3. The molecule has 0 radical (unpaired) electrons. The van der Waals surface area contributed by atoms with Crippen LogP contribution in [-0.4, -0.2) is 28.4 Å². The lowest BCUT2D eigenvalue weighted by Crippen LogP contribution is -2.17. The largest absolute Gasteiger partial charge is 0.478 e. The van der Waals surface area contributed by atoms with Gasteiger partial charge in [-0.25, -0.2) is 13.8 Å². The lowest BCUT2D eigenvalue weighted by atomic mass is 10.0. The van der Waals surface area contributed by atoms with Gasteiger partial charge in [-0.2, -0.15) is 0 Å². The number of anilines is 1. The number of aromatic nitrogens is 2. The maximum absolute atomic E-state index is 13.2. The summed E-state index contributed by atoms with van der Waals surface area (Å²) in [7, 11) is 1.89. The Bertz CT molecular complexity index is 1160. The van der Waals surface area contributed by atoms with Gasteiger partial charge in [-0.05, 0) is 63.4 Å². The van der Waals surface area contributed by atoms with Crippen LogP contribution in [0.15, 0.2) is 65.3 Å². The summed E-state index contributed by atoms with van der Waals surface area (Å²) in [6.07, 6.45) is 0. The van der Waals surface area contributed by atoms with Crippen molar-refractivity contribution in [3.8, 4) is 11.1 Å². The van der Waals surface area contributed by atoms with Crippen LogP contribution in [-0.2, 0) is 6.54 Å². The minimum Gasteiger partial charge on any atom is -0.478 e. The highest BCUT2D eigenvalue weighted by Crippen LogP contribution is 2.32. The Balaban J connectivity index is 0.00000124. The zero-order valence-corrected chi connectivity index (χ0v) is 17.0. The van der Waals surface area contributed by atoms with Crippen molar-refractivity contribution in [3.05, 3.63) is 77.6 Å². The van der Waals surface area contributed by atoms with E-state index in [2.05, 4.69) is 10.3 Å². The van der Waals surface area contributed by atoms with Crippen LogP contribution in [0.4, 0.5) is 10.1 Å². The SMILES string of the molecule is CC.CN(Cc1ccc(F)cc1)c1cc(-c2cccc(C(=O)O)c2)cc2nonc12. The van der Waals surface area contributed by atoms with E-state index < -0.39 is 5.97 Å². The molecule has 0 atom stereocenters. The molecule has 4 aromatic rings. The van der Waals surface area contributed by atoms with Crippen LogP contribution in [0.3, 0.4) is 0 Å². The number of carbonyl (C=O) groups is 1. The van der Waals surface area contributed by atoms with Gasteiger partial charge in [0.05, 0.1) is 11.3 Å². The fourth-order valence-electron chi connectivity index (χ4n) is 3.11. The summed E-state index contributed by atoms with van der Waals surface area (Å²) in [6.45, 7) is 4.53. The van der Waals surface area contributed by atoms with Crippen LogP contribution in [0, 0.1) is 5.82 Å². The fourth-order valence-corrected chi connectivity index (χ4v) is 3.11. The molecule has 30 heavy (non-hydrogen) atoms. The maximum Gasteiger partial charge on any atom is 0.335 e. The van der Waals surface area contributed by atoms with Crippen molar-refractivity contribution in [3.63, 3.8) is 0 Å². The highest BCUT2D eigenvalue weighted by molar-refractivity contribution is 5.94. The van der Waals surface area contributed by atoms with Crippen molar-refractivity contribution in [2.24, 2.45) is 0 Å². The average molecular weight is 407 g/mol. The first kappa shape index (κ1) is 21.0. The first-order valence-electron chi connectivity index (χ1n) is 9.57. The van der Waals surface area contributed by atoms with E-state index in [0.717, 1.165) is 22.4 Å². The predicted molar refractivity (Wildman–Crippen MR) is 114 cm³/mol. The molecule has 4 rings (SSSR count). The molecule has 6 nitrogen and oxygen atoms in total. The maximum atomic E-state index is 13.2. The van der Waals surface area contributed by atoms with E-state index in [-0.39, 0.29) is 11.4 Å². The fraction of sp³-hybridized carbons (Fsp3) is 0.174. The smallest absolute Gasteiger partial charge is 0.335 e. The monoisotopic (exact) mass is 407 g/mol. The van der Waals surface area contributed by atoms with Crippen LogP contribution in [0.5, 0.6) is 0 Å². The number of fused-ring (bicyclic) bond motifs is 1. The molecule has 0 saturated carbocycles. The molecule has 3 aromatic carbocycles. The number of nitrogens with zero attached hydrogens (tertiary/aromatic N) is 3. The van der Waals surface area contributed by atoms with Gasteiger partial charge in [0, 0.05) is 13.6 Å². The highest BCUT2D eigenvalue weighted by Gasteiger charge is 2.15. The molecular formula is C23H22FN3O3. The normalized spacial score (nSPS) is 10.4.